The Bertz CT molecular complexity index is 1240. The van der Waals surface area contributed by atoms with Gasteiger partial charge >= 0.3 is 6.18 Å². The summed E-state index contributed by atoms with van der Waals surface area (Å²) in [6.07, 6.45) is -0.477. The Morgan fingerprint density at radius 2 is 1.78 bits per heavy atom. The monoisotopic (exact) mass is 594 g/mol. The second kappa shape index (κ2) is 12.5. The number of carbonyl (C=O) groups is 2. The molecule has 1 atom stereocenters. The van der Waals surface area contributed by atoms with Crippen molar-refractivity contribution in [3.63, 3.8) is 0 Å². The van der Waals surface area contributed by atoms with Gasteiger partial charge in [0.15, 0.2) is 5.92 Å². The number of piperidine rings is 2. The molecule has 1 aromatic carbocycles. The molecule has 41 heavy (non-hydrogen) atoms. The highest BCUT2D eigenvalue weighted by molar-refractivity contribution is 6.32. The van der Waals surface area contributed by atoms with Crippen LogP contribution in [0.15, 0.2) is 36.4 Å². The molecule has 0 bridgehead atoms. The van der Waals surface area contributed by atoms with Crippen LogP contribution in [0.2, 0.25) is 5.15 Å². The number of carbonyl (C=O) groups excluding carboxylic acids is 2. The van der Waals surface area contributed by atoms with Gasteiger partial charge in [-0.2, -0.15) is 13.2 Å². The summed E-state index contributed by atoms with van der Waals surface area (Å²) in [5.74, 6) is -1.78. The first kappa shape index (κ1) is 30.9. The zero-order chi connectivity index (χ0) is 29.9. The van der Waals surface area contributed by atoms with Gasteiger partial charge in [0.1, 0.15) is 16.7 Å². The maximum absolute atomic E-state index is 14.1. The number of hydrogen-bond donors (Lipinski definition) is 0. The van der Waals surface area contributed by atoms with E-state index in [0.29, 0.717) is 37.4 Å². The number of benzene rings is 1. The van der Waals surface area contributed by atoms with Crippen molar-refractivity contribution < 1.29 is 27.5 Å². The number of pyridine rings is 1. The molecule has 3 heterocycles. The normalized spacial score (nSPS) is 18.6. The van der Waals surface area contributed by atoms with Gasteiger partial charge in [-0.05, 0) is 73.3 Å². The molecule has 1 aromatic heterocycles. The molecule has 2 amide bonds. The SMILES string of the molecule is COc1cccc(C(C(=O)N2CCC(C)(CC3CCN(c4ccc(C(=O)N(C)C)c(Cl)n4)CC3)CC2)C(F)(F)F)c1. The number of halogens is 4. The number of aromatic nitrogens is 1. The van der Waals surface area contributed by atoms with Crippen LogP contribution >= 0.6 is 11.6 Å². The summed E-state index contributed by atoms with van der Waals surface area (Å²) in [7, 11) is 4.72. The fraction of sp³-hybridized carbons (Fsp3) is 0.567. The number of alkyl halides is 3. The van der Waals surface area contributed by atoms with E-state index in [4.69, 9.17) is 16.3 Å². The van der Waals surface area contributed by atoms with Gasteiger partial charge in [0, 0.05) is 40.3 Å². The van der Waals surface area contributed by atoms with E-state index in [1.807, 2.05) is 6.07 Å². The molecule has 2 aromatic rings. The van der Waals surface area contributed by atoms with Crippen molar-refractivity contribution in [2.24, 2.45) is 11.3 Å². The molecule has 0 saturated carbocycles. The second-order valence-corrected chi connectivity index (χ2v) is 12.1. The van der Waals surface area contributed by atoms with Gasteiger partial charge in [0.25, 0.3) is 5.91 Å². The molecule has 4 rings (SSSR count). The topological polar surface area (TPSA) is 66.0 Å². The van der Waals surface area contributed by atoms with E-state index >= 15 is 0 Å². The Morgan fingerprint density at radius 3 is 2.34 bits per heavy atom. The quantitative estimate of drug-likeness (QED) is 0.367. The van der Waals surface area contributed by atoms with E-state index in [1.165, 1.54) is 35.1 Å². The van der Waals surface area contributed by atoms with E-state index in [2.05, 4.69) is 16.8 Å². The molecular formula is C30H38ClF3N4O3. The summed E-state index contributed by atoms with van der Waals surface area (Å²) in [5, 5.41) is 0.191. The summed E-state index contributed by atoms with van der Waals surface area (Å²) >= 11 is 6.31. The van der Waals surface area contributed by atoms with Crippen molar-refractivity contribution in [1.82, 2.24) is 14.8 Å². The first-order chi connectivity index (χ1) is 19.3. The first-order valence-corrected chi connectivity index (χ1v) is 14.3. The van der Waals surface area contributed by atoms with E-state index in [9.17, 15) is 22.8 Å². The second-order valence-electron chi connectivity index (χ2n) is 11.7. The number of anilines is 1. The van der Waals surface area contributed by atoms with Crippen molar-refractivity contribution in [2.75, 3.05) is 52.3 Å². The molecule has 0 spiro atoms. The maximum Gasteiger partial charge on any atom is 0.404 e. The molecule has 0 radical (unpaired) electrons. The fourth-order valence-electron chi connectivity index (χ4n) is 6.01. The predicted octanol–water partition coefficient (Wildman–Crippen LogP) is 6.03. The summed E-state index contributed by atoms with van der Waals surface area (Å²) in [6.45, 7) is 4.43. The summed E-state index contributed by atoms with van der Waals surface area (Å²) in [6, 6.07) is 9.21. The molecular weight excluding hydrogens is 557 g/mol. The number of rotatable bonds is 7. The minimum absolute atomic E-state index is 0.0386. The van der Waals surface area contributed by atoms with Crippen molar-refractivity contribution in [2.45, 2.75) is 51.1 Å². The maximum atomic E-state index is 14.1. The van der Waals surface area contributed by atoms with Crippen LogP contribution in [0.25, 0.3) is 0 Å². The molecule has 2 fully saturated rings. The third kappa shape index (κ3) is 7.26. The number of amides is 2. The van der Waals surface area contributed by atoms with Crippen LogP contribution in [-0.2, 0) is 4.79 Å². The van der Waals surface area contributed by atoms with Crippen molar-refractivity contribution in [1.29, 1.82) is 0 Å². The predicted molar refractivity (Wildman–Crippen MR) is 153 cm³/mol. The van der Waals surface area contributed by atoms with Crippen molar-refractivity contribution in [3.8, 4) is 5.75 Å². The van der Waals surface area contributed by atoms with Crippen molar-refractivity contribution in [3.05, 3.63) is 52.7 Å². The van der Waals surface area contributed by atoms with E-state index in [1.54, 1.807) is 26.2 Å². The van der Waals surface area contributed by atoms with Crippen molar-refractivity contribution >= 4 is 29.2 Å². The highest BCUT2D eigenvalue weighted by atomic mass is 35.5. The van der Waals surface area contributed by atoms with Gasteiger partial charge in [0.2, 0.25) is 5.91 Å². The van der Waals surface area contributed by atoms with Gasteiger partial charge in [-0.15, -0.1) is 0 Å². The zero-order valence-corrected chi connectivity index (χ0v) is 24.8. The molecule has 2 aliphatic rings. The number of methoxy groups -OCH3 is 1. The van der Waals surface area contributed by atoms with Gasteiger partial charge in [-0.1, -0.05) is 30.7 Å². The number of ether oxygens (including phenoxy) is 1. The van der Waals surface area contributed by atoms with E-state index in [-0.39, 0.29) is 27.8 Å². The molecule has 0 N–H and O–H groups in total. The number of hydrogen-bond acceptors (Lipinski definition) is 5. The van der Waals surface area contributed by atoms with Gasteiger partial charge in [-0.3, -0.25) is 9.59 Å². The van der Waals surface area contributed by atoms with Crippen LogP contribution in [0.3, 0.4) is 0 Å². The number of likely N-dealkylation sites (tertiary alicyclic amines) is 1. The highest BCUT2D eigenvalue weighted by Gasteiger charge is 2.48. The summed E-state index contributed by atoms with van der Waals surface area (Å²) in [5.41, 5.74) is 0.234. The Hall–Kier alpha value is -3.01. The lowest BCUT2D eigenvalue weighted by Gasteiger charge is -2.43. The largest absolute Gasteiger partial charge is 0.497 e. The van der Waals surface area contributed by atoms with E-state index in [0.717, 1.165) is 38.2 Å². The Morgan fingerprint density at radius 1 is 1.12 bits per heavy atom. The average Bonchev–Trinajstić information content (AvgIpc) is 2.92. The smallest absolute Gasteiger partial charge is 0.404 e. The lowest BCUT2D eigenvalue weighted by molar-refractivity contribution is -0.173. The van der Waals surface area contributed by atoms with Crippen LogP contribution in [-0.4, -0.2) is 80.2 Å². The standard InChI is InChI=1S/C30H38ClF3N4O3/c1-29(19-20-10-14-37(15-11-20)24-9-8-23(26(31)35-24)27(39)36(2)3)12-16-38(17-13-29)28(40)25(30(32,33)34)21-6-5-7-22(18-21)41-4/h5-9,18,20,25H,10-17,19H2,1-4H3. The minimum Gasteiger partial charge on any atom is -0.497 e. The molecule has 1 unspecified atom stereocenters. The summed E-state index contributed by atoms with van der Waals surface area (Å²) in [4.78, 5) is 34.9. The molecule has 0 aliphatic carbocycles. The van der Waals surface area contributed by atoms with E-state index < -0.39 is 18.0 Å². The number of nitrogens with zero attached hydrogens (tertiary/aromatic N) is 4. The molecule has 224 valence electrons. The summed E-state index contributed by atoms with van der Waals surface area (Å²) < 4.78 is 47.2. The Balaban J connectivity index is 1.32. The first-order valence-electron chi connectivity index (χ1n) is 13.9. The molecule has 7 nitrogen and oxygen atoms in total. The van der Waals surface area contributed by atoms with Crippen LogP contribution in [0.1, 0.15) is 60.9 Å². The van der Waals surface area contributed by atoms with Gasteiger partial charge in [-0.25, -0.2) is 4.98 Å². The third-order valence-corrected chi connectivity index (χ3v) is 8.76. The van der Waals surface area contributed by atoms with Crippen LogP contribution in [0.4, 0.5) is 19.0 Å². The zero-order valence-electron chi connectivity index (χ0n) is 24.0. The van der Waals surface area contributed by atoms with Gasteiger partial charge in [0.05, 0.1) is 12.7 Å². The minimum atomic E-state index is -4.69. The highest BCUT2D eigenvalue weighted by Crippen LogP contribution is 2.43. The average molecular weight is 595 g/mol. The Labute approximate surface area is 244 Å². The Kier molecular flexibility index (Phi) is 9.41. The van der Waals surface area contributed by atoms with Crippen LogP contribution < -0.4 is 9.64 Å². The lowest BCUT2D eigenvalue weighted by Crippen LogP contribution is -2.47. The molecule has 2 aliphatic heterocycles. The van der Waals surface area contributed by atoms with Gasteiger partial charge < -0.3 is 19.4 Å². The van der Waals surface area contributed by atoms with Crippen LogP contribution in [0, 0.1) is 11.3 Å². The third-order valence-electron chi connectivity index (χ3n) is 8.47. The molecule has 2 saturated heterocycles. The fourth-order valence-corrected chi connectivity index (χ4v) is 6.24. The molecule has 11 heteroatoms. The lowest BCUT2D eigenvalue weighted by atomic mass is 9.71. The van der Waals surface area contributed by atoms with Crippen LogP contribution in [0.5, 0.6) is 5.75 Å².